The van der Waals surface area contributed by atoms with Crippen LogP contribution in [0.3, 0.4) is 0 Å². The molecule has 0 aromatic carbocycles. The third-order valence-corrected chi connectivity index (χ3v) is 7.05. The molecule has 0 radical (unpaired) electrons. The number of pyridine rings is 1. The van der Waals surface area contributed by atoms with Crippen molar-refractivity contribution in [3.8, 4) is 11.3 Å². The Morgan fingerprint density at radius 2 is 2.17 bits per heavy atom. The topological polar surface area (TPSA) is 128 Å². The van der Waals surface area contributed by atoms with Crippen molar-refractivity contribution in [2.75, 3.05) is 32.7 Å². The summed E-state index contributed by atoms with van der Waals surface area (Å²) in [7, 11) is 3.49. The zero-order chi connectivity index (χ0) is 24.1. The first-order valence-electron chi connectivity index (χ1n) is 11.7. The van der Waals surface area contributed by atoms with E-state index in [4.69, 9.17) is 14.5 Å². The molecule has 5 heterocycles. The summed E-state index contributed by atoms with van der Waals surface area (Å²) in [5, 5.41) is 21.3. The maximum absolute atomic E-state index is 13.0. The molecule has 0 bridgehead atoms. The van der Waals surface area contributed by atoms with Crippen molar-refractivity contribution in [1.82, 2.24) is 29.5 Å². The van der Waals surface area contributed by atoms with Crippen molar-refractivity contribution in [2.45, 2.75) is 37.1 Å². The molecule has 182 valence electrons. The van der Waals surface area contributed by atoms with Crippen LogP contribution in [0.2, 0.25) is 0 Å². The van der Waals surface area contributed by atoms with E-state index in [0.29, 0.717) is 42.4 Å². The van der Waals surface area contributed by atoms with Crippen molar-refractivity contribution < 1.29 is 19.4 Å². The monoisotopic (exact) mass is 477 g/mol. The van der Waals surface area contributed by atoms with Gasteiger partial charge in [0.05, 0.1) is 43.3 Å². The van der Waals surface area contributed by atoms with Crippen LogP contribution < -0.4 is 10.6 Å². The Hall–Kier alpha value is -3.54. The van der Waals surface area contributed by atoms with Crippen molar-refractivity contribution in [3.05, 3.63) is 42.4 Å². The number of aromatic nitrogens is 5. The molecule has 11 nitrogen and oxygen atoms in total. The molecule has 11 heteroatoms. The van der Waals surface area contributed by atoms with E-state index in [0.717, 1.165) is 23.0 Å². The van der Waals surface area contributed by atoms with Gasteiger partial charge in [-0.05, 0) is 25.0 Å². The molecular formula is C24H27N7O4. The van der Waals surface area contributed by atoms with Gasteiger partial charge in [-0.3, -0.25) is 4.79 Å². The lowest BCUT2D eigenvalue weighted by Crippen LogP contribution is -2.50. The molecule has 1 saturated carbocycles. The number of nitrogens with zero attached hydrogens (tertiary/aromatic N) is 5. The summed E-state index contributed by atoms with van der Waals surface area (Å²) in [4.78, 5) is 22.5. The minimum absolute atomic E-state index is 0.0103. The first-order chi connectivity index (χ1) is 17.1. The smallest absolute Gasteiger partial charge is 0.257 e. The lowest BCUT2D eigenvalue weighted by Gasteiger charge is -2.32. The number of carbonyl (C=O) groups is 1. The lowest BCUT2D eigenvalue weighted by molar-refractivity contribution is 0.0448. The van der Waals surface area contributed by atoms with Crippen LogP contribution in [0.4, 0.5) is 5.82 Å². The highest BCUT2D eigenvalue weighted by Gasteiger charge is 2.33. The number of fused-ring (bicyclic) bond motifs is 2. The summed E-state index contributed by atoms with van der Waals surface area (Å²) in [5.74, 6) is 0.391. The zero-order valence-electron chi connectivity index (χ0n) is 19.5. The van der Waals surface area contributed by atoms with Gasteiger partial charge in [0.1, 0.15) is 23.1 Å². The van der Waals surface area contributed by atoms with E-state index < -0.39 is 6.10 Å². The largest absolute Gasteiger partial charge is 0.391 e. The van der Waals surface area contributed by atoms with Gasteiger partial charge in [0.15, 0.2) is 5.65 Å². The van der Waals surface area contributed by atoms with Crippen LogP contribution in [-0.4, -0.2) is 80.8 Å². The summed E-state index contributed by atoms with van der Waals surface area (Å²) >= 11 is 0. The number of methoxy groups -OCH3 is 1. The molecule has 4 aromatic heterocycles. The fraction of sp³-hybridized carbons (Fsp3) is 0.417. The van der Waals surface area contributed by atoms with Crippen LogP contribution in [0.1, 0.15) is 29.2 Å². The van der Waals surface area contributed by atoms with Crippen LogP contribution in [0.5, 0.6) is 0 Å². The van der Waals surface area contributed by atoms with Gasteiger partial charge in [-0.25, -0.2) is 9.97 Å². The second kappa shape index (κ2) is 8.59. The Morgan fingerprint density at radius 1 is 1.29 bits per heavy atom. The van der Waals surface area contributed by atoms with E-state index in [2.05, 4.69) is 25.3 Å². The highest BCUT2D eigenvalue weighted by molar-refractivity contribution is 6.01. The van der Waals surface area contributed by atoms with E-state index in [-0.39, 0.29) is 24.1 Å². The van der Waals surface area contributed by atoms with E-state index in [1.165, 1.54) is 6.20 Å². The molecule has 2 aliphatic rings. The molecule has 1 aliphatic carbocycles. The maximum atomic E-state index is 13.0. The van der Waals surface area contributed by atoms with Gasteiger partial charge < -0.3 is 29.8 Å². The number of hydrogen-bond donors (Lipinski definition) is 3. The van der Waals surface area contributed by atoms with E-state index >= 15 is 0 Å². The van der Waals surface area contributed by atoms with Crippen molar-refractivity contribution >= 4 is 28.4 Å². The molecular weight excluding hydrogens is 450 g/mol. The van der Waals surface area contributed by atoms with Crippen LogP contribution in [-0.2, 0) is 9.47 Å². The first-order valence-corrected chi connectivity index (χ1v) is 11.7. The summed E-state index contributed by atoms with van der Waals surface area (Å²) in [6.07, 6.45) is 6.18. The molecule has 3 N–H and O–H groups in total. The van der Waals surface area contributed by atoms with Crippen LogP contribution in [0.25, 0.3) is 27.9 Å². The minimum Gasteiger partial charge on any atom is -0.391 e. The SMILES string of the molecule is CNc1cc(-c2cn([C@@H]3COC[C@H]3OC)c3ncccc23)nc2c(C(=O)NC3CC[C@H]3O)cnn12. The Labute approximate surface area is 201 Å². The quantitative estimate of drug-likeness (QED) is 0.382. The fourth-order valence-electron chi connectivity index (χ4n) is 4.88. The highest BCUT2D eigenvalue weighted by atomic mass is 16.5. The first kappa shape index (κ1) is 22.0. The van der Waals surface area contributed by atoms with E-state index in [1.807, 2.05) is 24.4 Å². The lowest BCUT2D eigenvalue weighted by atomic mass is 9.89. The number of anilines is 1. The molecule has 4 atom stereocenters. The van der Waals surface area contributed by atoms with E-state index in [9.17, 15) is 9.90 Å². The second-order valence-electron chi connectivity index (χ2n) is 9.00. The van der Waals surface area contributed by atoms with E-state index in [1.54, 1.807) is 24.9 Å². The predicted molar refractivity (Wildman–Crippen MR) is 128 cm³/mol. The number of carbonyl (C=O) groups excluding carboxylic acids is 1. The Morgan fingerprint density at radius 3 is 2.91 bits per heavy atom. The van der Waals surface area contributed by atoms with Gasteiger partial charge in [0.2, 0.25) is 0 Å². The van der Waals surface area contributed by atoms with Crippen LogP contribution in [0.15, 0.2) is 36.8 Å². The normalized spacial score (nSPS) is 24.1. The molecule has 1 saturated heterocycles. The van der Waals surface area contributed by atoms with Gasteiger partial charge in [-0.1, -0.05) is 0 Å². The average Bonchev–Trinajstić information content (AvgIpc) is 3.61. The van der Waals surface area contributed by atoms with Crippen molar-refractivity contribution in [3.63, 3.8) is 0 Å². The standard InChI is InChI=1S/C24H27N7O4/c1-25-21-8-17(28-23-14(9-27-31(21)23)24(33)29-16-5-6-19(16)32)15-10-30(18-11-35-12-20(18)34-2)22-13(15)4-3-7-26-22/h3-4,7-10,16,18-20,25,32H,5-6,11-12H2,1-2H3,(H,29,33)/t16?,18-,19-,20-/m1/s1. The van der Waals surface area contributed by atoms with Gasteiger partial charge in [-0.15, -0.1) is 0 Å². The number of aliphatic hydroxyl groups is 1. The molecule has 1 aliphatic heterocycles. The fourth-order valence-corrected chi connectivity index (χ4v) is 4.88. The number of rotatable bonds is 6. The molecule has 0 spiro atoms. The Bertz CT molecular complexity index is 1410. The molecule has 1 unspecified atom stereocenters. The number of hydrogen-bond acceptors (Lipinski definition) is 8. The molecule has 35 heavy (non-hydrogen) atoms. The van der Waals surface area contributed by atoms with Gasteiger partial charge in [0.25, 0.3) is 5.91 Å². The number of nitrogens with one attached hydrogen (secondary N) is 2. The van der Waals surface area contributed by atoms with Crippen molar-refractivity contribution in [2.24, 2.45) is 0 Å². The Kier molecular flexibility index (Phi) is 5.39. The highest BCUT2D eigenvalue weighted by Crippen LogP contribution is 2.35. The molecule has 6 rings (SSSR count). The van der Waals surface area contributed by atoms with Crippen LogP contribution >= 0.6 is 0 Å². The molecule has 2 fully saturated rings. The van der Waals surface area contributed by atoms with Gasteiger partial charge >= 0.3 is 0 Å². The summed E-state index contributed by atoms with van der Waals surface area (Å²) in [5.41, 5.74) is 3.17. The molecule has 4 aromatic rings. The number of ether oxygens (including phenoxy) is 2. The third-order valence-electron chi connectivity index (χ3n) is 7.05. The Balaban J connectivity index is 1.47. The van der Waals surface area contributed by atoms with Gasteiger partial charge in [-0.2, -0.15) is 9.61 Å². The van der Waals surface area contributed by atoms with Gasteiger partial charge in [0, 0.05) is 43.6 Å². The third kappa shape index (κ3) is 3.54. The van der Waals surface area contributed by atoms with Crippen molar-refractivity contribution in [1.29, 1.82) is 0 Å². The molecule has 1 amide bonds. The maximum Gasteiger partial charge on any atom is 0.257 e. The minimum atomic E-state index is -0.508. The average molecular weight is 478 g/mol. The summed E-state index contributed by atoms with van der Waals surface area (Å²) in [6, 6.07) is 5.56. The summed E-state index contributed by atoms with van der Waals surface area (Å²) < 4.78 is 15.0. The summed E-state index contributed by atoms with van der Waals surface area (Å²) in [6.45, 7) is 1.06. The zero-order valence-corrected chi connectivity index (χ0v) is 19.5. The number of aliphatic hydroxyl groups excluding tert-OH is 1. The second-order valence-corrected chi connectivity index (χ2v) is 9.00. The number of amides is 1. The predicted octanol–water partition coefficient (Wildman–Crippen LogP) is 1.63. The van der Waals surface area contributed by atoms with Crippen LogP contribution in [0, 0.1) is 0 Å².